The zero-order chi connectivity index (χ0) is 22.8. The first-order valence-electron chi connectivity index (χ1n) is 11.6. The molecule has 1 amide bonds. The lowest BCUT2D eigenvalue weighted by atomic mass is 10.0. The van der Waals surface area contributed by atoms with Crippen LogP contribution in [0, 0.1) is 0 Å². The van der Waals surface area contributed by atoms with Gasteiger partial charge < -0.3 is 14.8 Å². The summed E-state index contributed by atoms with van der Waals surface area (Å²) in [6, 6.07) is 18.0. The van der Waals surface area contributed by atoms with Crippen LogP contribution < -0.4 is 4.90 Å². The van der Waals surface area contributed by atoms with Crippen molar-refractivity contribution in [2.75, 3.05) is 55.7 Å². The maximum atomic E-state index is 13.8. The van der Waals surface area contributed by atoms with Crippen molar-refractivity contribution < 1.29 is 13.2 Å². The van der Waals surface area contributed by atoms with E-state index in [-0.39, 0.29) is 23.5 Å². The van der Waals surface area contributed by atoms with E-state index in [9.17, 15) is 13.2 Å². The molecule has 0 unspecified atom stereocenters. The number of piperazine rings is 1. The Morgan fingerprint density at radius 2 is 1.55 bits per heavy atom. The predicted octanol–water partition coefficient (Wildman–Crippen LogP) is 2.16. The summed E-state index contributed by atoms with van der Waals surface area (Å²) in [6.07, 6.45) is 2.56. The first kappa shape index (κ1) is 22.0. The Labute approximate surface area is 194 Å². The van der Waals surface area contributed by atoms with Crippen molar-refractivity contribution in [3.05, 3.63) is 66.4 Å². The van der Waals surface area contributed by atoms with E-state index in [2.05, 4.69) is 33.0 Å². The summed E-state index contributed by atoms with van der Waals surface area (Å²) in [5.41, 5.74) is 3.33. The third-order valence-corrected chi connectivity index (χ3v) is 8.51. The monoisotopic (exact) mass is 466 g/mol. The van der Waals surface area contributed by atoms with Gasteiger partial charge in [-0.3, -0.25) is 9.69 Å². The van der Waals surface area contributed by atoms with Crippen LogP contribution in [0.3, 0.4) is 0 Å². The molecule has 1 aromatic heterocycles. The van der Waals surface area contributed by atoms with Crippen LogP contribution in [-0.2, 0) is 21.1 Å². The molecule has 0 aliphatic carbocycles. The first-order chi connectivity index (χ1) is 16.0. The summed E-state index contributed by atoms with van der Waals surface area (Å²) in [7, 11) is -3.01. The highest BCUT2D eigenvalue weighted by atomic mass is 32.2. The van der Waals surface area contributed by atoms with Crippen LogP contribution in [0.1, 0.15) is 5.56 Å². The number of sulfone groups is 1. The van der Waals surface area contributed by atoms with Gasteiger partial charge in [-0.05, 0) is 30.2 Å². The molecule has 2 aliphatic heterocycles. The number of nitrogens with one attached hydrogen (secondary N) is 1. The molecule has 0 spiro atoms. The Hall–Kier alpha value is -2.84. The second-order valence-electron chi connectivity index (χ2n) is 8.92. The van der Waals surface area contributed by atoms with Crippen molar-refractivity contribution in [1.29, 1.82) is 0 Å². The predicted molar refractivity (Wildman–Crippen MR) is 131 cm³/mol. The molecule has 3 aromatic rings. The molecule has 2 aromatic carbocycles. The van der Waals surface area contributed by atoms with Gasteiger partial charge in [0, 0.05) is 62.1 Å². The largest absolute Gasteiger partial charge is 0.368 e. The Morgan fingerprint density at radius 1 is 0.879 bits per heavy atom. The average molecular weight is 467 g/mol. The second kappa shape index (κ2) is 9.19. The van der Waals surface area contributed by atoms with Gasteiger partial charge in [-0.1, -0.05) is 36.4 Å². The van der Waals surface area contributed by atoms with Crippen molar-refractivity contribution in [2.24, 2.45) is 0 Å². The molecule has 5 rings (SSSR count). The van der Waals surface area contributed by atoms with Gasteiger partial charge in [0.2, 0.25) is 5.91 Å². The lowest BCUT2D eigenvalue weighted by molar-refractivity contribution is -0.137. The van der Waals surface area contributed by atoms with E-state index < -0.39 is 9.84 Å². The molecule has 1 N–H and O–H groups in total. The molecule has 0 radical (unpaired) electrons. The van der Waals surface area contributed by atoms with Crippen LogP contribution in [0.25, 0.3) is 10.9 Å². The summed E-state index contributed by atoms with van der Waals surface area (Å²) in [4.78, 5) is 23.4. The lowest BCUT2D eigenvalue weighted by Crippen LogP contribution is -2.57. The van der Waals surface area contributed by atoms with Gasteiger partial charge in [0.05, 0.1) is 17.5 Å². The summed E-state index contributed by atoms with van der Waals surface area (Å²) in [6.45, 7) is 3.75. The molecule has 8 heteroatoms. The molecular formula is C25H30N4O3S. The fourth-order valence-corrected chi connectivity index (χ4v) is 6.18. The van der Waals surface area contributed by atoms with E-state index in [1.54, 1.807) is 0 Å². The van der Waals surface area contributed by atoms with Crippen LogP contribution in [0.15, 0.2) is 60.8 Å². The third kappa shape index (κ3) is 4.77. The Morgan fingerprint density at radius 3 is 2.27 bits per heavy atom. The van der Waals surface area contributed by atoms with Gasteiger partial charge in [-0.2, -0.15) is 0 Å². The van der Waals surface area contributed by atoms with Crippen LogP contribution in [-0.4, -0.2) is 85.9 Å². The smallest absolute Gasteiger partial charge is 0.240 e. The van der Waals surface area contributed by atoms with Crippen molar-refractivity contribution in [3.8, 4) is 0 Å². The van der Waals surface area contributed by atoms with Gasteiger partial charge in [-0.25, -0.2) is 8.42 Å². The summed E-state index contributed by atoms with van der Waals surface area (Å²) in [5.74, 6) is 0.339. The van der Waals surface area contributed by atoms with E-state index in [0.29, 0.717) is 32.6 Å². The number of rotatable bonds is 5. The number of hydrogen-bond acceptors (Lipinski definition) is 5. The minimum atomic E-state index is -3.01. The Kier molecular flexibility index (Phi) is 6.12. The maximum absolute atomic E-state index is 13.8. The number of benzene rings is 2. The number of carbonyl (C=O) groups excluding carboxylic acids is 1. The van der Waals surface area contributed by atoms with Gasteiger partial charge in [0.1, 0.15) is 0 Å². The highest BCUT2D eigenvalue weighted by Crippen LogP contribution is 2.23. The molecule has 3 heterocycles. The standard InChI is InChI=1S/C25H30N4O3S/c30-25(29-12-10-27(11-13-29)21-6-2-1-3-7-21)24(28-14-16-33(31,32)17-15-28)18-20-19-26-23-9-5-4-8-22(20)23/h1-9,19,24,26H,10-18H2/t24-/m1/s1. The molecule has 33 heavy (non-hydrogen) atoms. The molecule has 0 bridgehead atoms. The third-order valence-electron chi connectivity index (χ3n) is 6.91. The number of para-hydroxylation sites is 2. The summed E-state index contributed by atoms with van der Waals surface area (Å²) >= 11 is 0. The molecular weight excluding hydrogens is 436 g/mol. The van der Waals surface area contributed by atoms with E-state index in [1.165, 1.54) is 5.69 Å². The highest BCUT2D eigenvalue weighted by molar-refractivity contribution is 7.91. The van der Waals surface area contributed by atoms with E-state index >= 15 is 0 Å². The molecule has 7 nitrogen and oxygen atoms in total. The number of nitrogens with zero attached hydrogens (tertiary/aromatic N) is 3. The minimum Gasteiger partial charge on any atom is -0.368 e. The zero-order valence-corrected chi connectivity index (χ0v) is 19.5. The highest BCUT2D eigenvalue weighted by Gasteiger charge is 2.35. The van der Waals surface area contributed by atoms with Crippen molar-refractivity contribution in [3.63, 3.8) is 0 Å². The quantitative estimate of drug-likeness (QED) is 0.624. The van der Waals surface area contributed by atoms with Crippen LogP contribution in [0.5, 0.6) is 0 Å². The molecule has 2 aliphatic rings. The zero-order valence-electron chi connectivity index (χ0n) is 18.7. The number of aromatic amines is 1. The van der Waals surface area contributed by atoms with Crippen LogP contribution >= 0.6 is 0 Å². The SMILES string of the molecule is O=C([C@@H](Cc1c[nH]c2ccccc12)N1CCS(=O)(=O)CC1)N1CCN(c2ccccc2)CC1. The second-order valence-corrected chi connectivity index (χ2v) is 11.2. The van der Waals surface area contributed by atoms with Crippen molar-refractivity contribution in [1.82, 2.24) is 14.8 Å². The van der Waals surface area contributed by atoms with Crippen LogP contribution in [0.2, 0.25) is 0 Å². The topological polar surface area (TPSA) is 76.7 Å². The Balaban J connectivity index is 1.34. The lowest BCUT2D eigenvalue weighted by Gasteiger charge is -2.40. The number of H-pyrrole nitrogens is 1. The normalized spacial score (nSPS) is 20.1. The van der Waals surface area contributed by atoms with Gasteiger partial charge in [0.25, 0.3) is 0 Å². The number of amides is 1. The number of carbonyl (C=O) groups is 1. The van der Waals surface area contributed by atoms with Crippen molar-refractivity contribution in [2.45, 2.75) is 12.5 Å². The molecule has 2 fully saturated rings. The van der Waals surface area contributed by atoms with Gasteiger partial charge >= 0.3 is 0 Å². The average Bonchev–Trinajstić information content (AvgIpc) is 3.26. The minimum absolute atomic E-state index is 0.104. The van der Waals surface area contributed by atoms with Gasteiger partial charge in [-0.15, -0.1) is 0 Å². The Bertz CT molecular complexity index is 1200. The number of fused-ring (bicyclic) bond motifs is 1. The van der Waals surface area contributed by atoms with E-state index in [4.69, 9.17) is 0 Å². The van der Waals surface area contributed by atoms with Gasteiger partial charge in [0.15, 0.2) is 9.84 Å². The summed E-state index contributed by atoms with van der Waals surface area (Å²) in [5, 5.41) is 1.12. The molecule has 1 atom stereocenters. The number of aromatic nitrogens is 1. The molecule has 2 saturated heterocycles. The number of anilines is 1. The van der Waals surface area contributed by atoms with E-state index in [0.717, 1.165) is 29.6 Å². The fourth-order valence-electron chi connectivity index (χ4n) is 4.95. The summed E-state index contributed by atoms with van der Waals surface area (Å²) < 4.78 is 24.0. The maximum Gasteiger partial charge on any atom is 0.240 e. The molecule has 174 valence electrons. The van der Waals surface area contributed by atoms with Crippen molar-refractivity contribution >= 4 is 32.3 Å². The molecule has 0 saturated carbocycles. The fraction of sp³-hybridized carbons (Fsp3) is 0.400. The first-order valence-corrected chi connectivity index (χ1v) is 13.4. The van der Waals surface area contributed by atoms with E-state index in [1.807, 2.05) is 47.5 Å². The number of hydrogen-bond donors (Lipinski definition) is 1. The van der Waals surface area contributed by atoms with Crippen LogP contribution in [0.4, 0.5) is 5.69 Å².